The second kappa shape index (κ2) is 10.7. The molecule has 172 valence electrons. The first-order chi connectivity index (χ1) is 15.2. The maximum atomic E-state index is 13.5. The summed E-state index contributed by atoms with van der Waals surface area (Å²) in [6.07, 6.45) is -1.95. The van der Waals surface area contributed by atoms with Gasteiger partial charge < -0.3 is 19.8 Å². The van der Waals surface area contributed by atoms with E-state index in [1.54, 1.807) is 42.2 Å². The number of amides is 1. The largest absolute Gasteiger partial charge is 0.481 e. The molecule has 1 amide bonds. The molecule has 3 rings (SSSR count). The fourth-order valence-electron chi connectivity index (χ4n) is 4.27. The first-order valence-corrected chi connectivity index (χ1v) is 11.3. The van der Waals surface area contributed by atoms with Crippen LogP contribution in [0, 0.1) is 0 Å². The van der Waals surface area contributed by atoms with Gasteiger partial charge in [0.25, 0.3) is 5.91 Å². The topological polar surface area (TPSA) is 87.1 Å². The Balaban J connectivity index is 2.17. The molecule has 1 fully saturated rings. The molecule has 0 bridgehead atoms. The highest BCUT2D eigenvalue weighted by molar-refractivity contribution is 6.30. The van der Waals surface area contributed by atoms with Crippen LogP contribution < -0.4 is 0 Å². The minimum absolute atomic E-state index is 0.315. The molecule has 0 spiro atoms. The standard InChI is InChI=1S/C24H27Cl2NO5/c1-3-19(11-14(2)28)27-22(15-7-9-17(25)10-8-15)23(16-5-4-6-18(26)12-16)32-20(24(27)31)13-21(29)30/h4-10,12,14,19-20,22-23,28H,3,11,13H2,1-2H3,(H,29,30)/t14-,19+,20-,22?,23-/m1/s1. The van der Waals surface area contributed by atoms with E-state index in [9.17, 15) is 19.8 Å². The molecule has 8 heteroatoms. The molecule has 1 unspecified atom stereocenters. The van der Waals surface area contributed by atoms with Crippen LogP contribution in [0.2, 0.25) is 10.0 Å². The number of ether oxygens (including phenoxy) is 1. The third kappa shape index (κ3) is 5.62. The summed E-state index contributed by atoms with van der Waals surface area (Å²) in [7, 11) is 0. The van der Waals surface area contributed by atoms with Crippen LogP contribution >= 0.6 is 23.2 Å². The molecule has 0 aromatic heterocycles. The number of hydrogen-bond donors (Lipinski definition) is 2. The second-order valence-corrected chi connectivity index (χ2v) is 8.96. The molecule has 2 N–H and O–H groups in total. The van der Waals surface area contributed by atoms with Gasteiger partial charge in [-0.3, -0.25) is 9.59 Å². The smallest absolute Gasteiger partial charge is 0.306 e. The minimum Gasteiger partial charge on any atom is -0.481 e. The summed E-state index contributed by atoms with van der Waals surface area (Å²) in [5.41, 5.74) is 1.53. The molecule has 1 heterocycles. The van der Waals surface area contributed by atoms with Gasteiger partial charge in [0.2, 0.25) is 0 Å². The van der Waals surface area contributed by atoms with E-state index in [1.165, 1.54) is 0 Å². The van der Waals surface area contributed by atoms with Crippen molar-refractivity contribution < 1.29 is 24.5 Å². The zero-order valence-corrected chi connectivity index (χ0v) is 19.5. The van der Waals surface area contributed by atoms with Gasteiger partial charge in [0.1, 0.15) is 12.2 Å². The lowest BCUT2D eigenvalue weighted by molar-refractivity contribution is -0.184. The van der Waals surface area contributed by atoms with Gasteiger partial charge in [0.05, 0.1) is 18.6 Å². The van der Waals surface area contributed by atoms with Crippen molar-refractivity contribution in [3.05, 3.63) is 69.7 Å². The van der Waals surface area contributed by atoms with Gasteiger partial charge in [-0.2, -0.15) is 0 Å². The molecule has 0 aliphatic carbocycles. The number of halogens is 2. The number of carboxylic acid groups (broad SMARTS) is 1. The monoisotopic (exact) mass is 479 g/mol. The van der Waals surface area contributed by atoms with Crippen LogP contribution in [0.3, 0.4) is 0 Å². The molecule has 32 heavy (non-hydrogen) atoms. The second-order valence-electron chi connectivity index (χ2n) is 8.09. The Labute approximate surface area is 197 Å². The molecular weight excluding hydrogens is 453 g/mol. The van der Waals surface area contributed by atoms with Crippen LogP contribution in [0.5, 0.6) is 0 Å². The van der Waals surface area contributed by atoms with Crippen LogP contribution in [-0.4, -0.2) is 45.2 Å². The summed E-state index contributed by atoms with van der Waals surface area (Å²) < 4.78 is 6.15. The molecule has 6 nitrogen and oxygen atoms in total. The van der Waals surface area contributed by atoms with E-state index in [-0.39, 0.29) is 6.04 Å². The van der Waals surface area contributed by atoms with Crippen molar-refractivity contribution in [2.45, 2.75) is 63.5 Å². The zero-order chi connectivity index (χ0) is 23.4. The van der Waals surface area contributed by atoms with Crippen molar-refractivity contribution in [3.8, 4) is 0 Å². The Hall–Kier alpha value is -2.12. The highest BCUT2D eigenvalue weighted by Gasteiger charge is 2.47. The Kier molecular flexibility index (Phi) is 8.17. The summed E-state index contributed by atoms with van der Waals surface area (Å²) in [5, 5.41) is 20.6. The summed E-state index contributed by atoms with van der Waals surface area (Å²) in [5.74, 6) is -1.53. The highest BCUT2D eigenvalue weighted by Crippen LogP contribution is 2.45. The van der Waals surface area contributed by atoms with Crippen LogP contribution in [0.25, 0.3) is 0 Å². The lowest BCUT2D eigenvalue weighted by Crippen LogP contribution is -2.55. The van der Waals surface area contributed by atoms with Crippen molar-refractivity contribution in [1.82, 2.24) is 4.90 Å². The minimum atomic E-state index is -1.15. The number of nitrogens with zero attached hydrogens (tertiary/aromatic N) is 1. The molecule has 1 saturated heterocycles. The predicted molar refractivity (Wildman–Crippen MR) is 123 cm³/mol. The Morgan fingerprint density at radius 2 is 1.81 bits per heavy atom. The lowest BCUT2D eigenvalue weighted by Gasteiger charge is -2.48. The van der Waals surface area contributed by atoms with Crippen LogP contribution in [0.1, 0.15) is 56.4 Å². The van der Waals surface area contributed by atoms with Crippen LogP contribution in [0.4, 0.5) is 0 Å². The number of hydrogen-bond acceptors (Lipinski definition) is 4. The maximum absolute atomic E-state index is 13.5. The quantitative estimate of drug-likeness (QED) is 0.554. The molecular formula is C24H27Cl2NO5. The fourth-order valence-corrected chi connectivity index (χ4v) is 4.60. The Morgan fingerprint density at radius 3 is 2.38 bits per heavy atom. The number of benzene rings is 2. The van der Waals surface area contributed by atoms with E-state index < -0.39 is 42.7 Å². The van der Waals surface area contributed by atoms with Gasteiger partial charge in [0.15, 0.2) is 0 Å². The van der Waals surface area contributed by atoms with Crippen LogP contribution in [-0.2, 0) is 14.3 Å². The molecule has 2 aromatic rings. The third-order valence-electron chi connectivity index (χ3n) is 5.65. The van der Waals surface area contributed by atoms with E-state index in [0.717, 1.165) is 11.1 Å². The fraction of sp³-hybridized carbons (Fsp3) is 0.417. The first kappa shape index (κ1) is 24.5. The summed E-state index contributed by atoms with van der Waals surface area (Å²) >= 11 is 12.3. The molecule has 1 aliphatic heterocycles. The third-order valence-corrected chi connectivity index (χ3v) is 6.14. The highest BCUT2D eigenvalue weighted by atomic mass is 35.5. The van der Waals surface area contributed by atoms with Gasteiger partial charge in [-0.05, 0) is 55.2 Å². The average Bonchev–Trinajstić information content (AvgIpc) is 2.73. The number of aliphatic hydroxyl groups excluding tert-OH is 1. The molecule has 0 radical (unpaired) electrons. The van der Waals surface area contributed by atoms with E-state index in [4.69, 9.17) is 27.9 Å². The van der Waals surface area contributed by atoms with Gasteiger partial charge in [0, 0.05) is 16.1 Å². The van der Waals surface area contributed by atoms with E-state index >= 15 is 0 Å². The van der Waals surface area contributed by atoms with Crippen LogP contribution in [0.15, 0.2) is 48.5 Å². The van der Waals surface area contributed by atoms with Crippen molar-refractivity contribution in [3.63, 3.8) is 0 Å². The molecule has 5 atom stereocenters. The normalized spacial score (nSPS) is 23.1. The number of rotatable bonds is 8. The first-order valence-electron chi connectivity index (χ1n) is 10.6. The summed E-state index contributed by atoms with van der Waals surface area (Å²) in [6, 6.07) is 13.4. The van der Waals surface area contributed by atoms with Crippen molar-refractivity contribution in [2.75, 3.05) is 0 Å². The van der Waals surface area contributed by atoms with Crippen molar-refractivity contribution in [2.24, 2.45) is 0 Å². The lowest BCUT2D eigenvalue weighted by atomic mass is 9.88. The van der Waals surface area contributed by atoms with E-state index in [0.29, 0.717) is 22.9 Å². The SMILES string of the molecule is CC[C@@H](C[C@@H](C)O)N1C(=O)[C@@H](CC(=O)O)O[C@H](c2cccc(Cl)c2)C1c1ccc(Cl)cc1. The number of carbonyl (C=O) groups excluding carboxylic acids is 1. The average molecular weight is 480 g/mol. The number of carboxylic acids is 1. The van der Waals surface area contributed by atoms with Gasteiger partial charge in [-0.15, -0.1) is 0 Å². The Bertz CT molecular complexity index is 950. The number of carbonyl (C=O) groups is 2. The van der Waals surface area contributed by atoms with Crippen molar-refractivity contribution in [1.29, 1.82) is 0 Å². The van der Waals surface area contributed by atoms with E-state index in [1.807, 2.05) is 25.1 Å². The maximum Gasteiger partial charge on any atom is 0.306 e. The summed E-state index contributed by atoms with van der Waals surface area (Å²) in [4.78, 5) is 26.7. The number of morpholine rings is 1. The van der Waals surface area contributed by atoms with E-state index in [2.05, 4.69) is 0 Å². The van der Waals surface area contributed by atoms with Gasteiger partial charge in [-0.25, -0.2) is 0 Å². The zero-order valence-electron chi connectivity index (χ0n) is 17.9. The van der Waals surface area contributed by atoms with Crippen molar-refractivity contribution >= 4 is 35.1 Å². The number of aliphatic carboxylic acids is 1. The number of aliphatic hydroxyl groups is 1. The van der Waals surface area contributed by atoms with Gasteiger partial charge in [-0.1, -0.05) is 54.4 Å². The van der Waals surface area contributed by atoms with Gasteiger partial charge >= 0.3 is 5.97 Å². The molecule has 1 aliphatic rings. The molecule has 2 aromatic carbocycles. The summed E-state index contributed by atoms with van der Waals surface area (Å²) in [6.45, 7) is 3.61. The Morgan fingerprint density at radius 1 is 1.12 bits per heavy atom. The predicted octanol–water partition coefficient (Wildman–Crippen LogP) is 5.03. The molecule has 0 saturated carbocycles.